The Morgan fingerprint density at radius 3 is 2.55 bits per heavy atom. The smallest absolute Gasteiger partial charge is 0.326 e. The molecule has 1 amide bonds. The highest BCUT2D eigenvalue weighted by Gasteiger charge is 2.25. The van der Waals surface area contributed by atoms with E-state index in [1.807, 2.05) is 0 Å². The van der Waals surface area contributed by atoms with Gasteiger partial charge in [-0.15, -0.1) is 0 Å². The van der Waals surface area contributed by atoms with Crippen LogP contribution in [-0.2, 0) is 4.79 Å². The second-order valence-corrected chi connectivity index (χ2v) is 5.12. The molecule has 1 atom stereocenters. The Kier molecular flexibility index (Phi) is 4.11. The van der Waals surface area contributed by atoms with Gasteiger partial charge in [0.1, 0.15) is 11.6 Å². The first kappa shape index (κ1) is 15.5. The molecule has 2 aromatic rings. The molecule has 0 bridgehead atoms. The maximum absolute atomic E-state index is 12.1. The largest absolute Gasteiger partial charge is 0.480 e. The molecule has 0 spiro atoms. The fraction of sp³-hybridized carbons (Fsp3) is 0.286. The van der Waals surface area contributed by atoms with Crippen molar-refractivity contribution in [2.75, 3.05) is 0 Å². The number of nitrogens with one attached hydrogen (secondary N) is 1. The summed E-state index contributed by atoms with van der Waals surface area (Å²) in [6.07, 6.45) is 0. The number of amides is 1. The van der Waals surface area contributed by atoms with E-state index >= 15 is 0 Å². The van der Waals surface area contributed by atoms with Gasteiger partial charge in [-0.05, 0) is 18.1 Å². The second kappa shape index (κ2) is 5.84. The van der Waals surface area contributed by atoms with E-state index in [2.05, 4.69) is 5.32 Å². The SMILES string of the molecule is CC(C)[C@H](NC(=O)c1cc2cc([N+](=O)[O-])ccc2o1)C(=O)O. The Hall–Kier alpha value is -2.90. The van der Waals surface area contributed by atoms with Gasteiger partial charge in [0.15, 0.2) is 5.76 Å². The summed E-state index contributed by atoms with van der Waals surface area (Å²) in [6, 6.07) is 4.24. The highest BCUT2D eigenvalue weighted by molar-refractivity contribution is 5.98. The van der Waals surface area contributed by atoms with Gasteiger partial charge in [-0.25, -0.2) is 4.79 Å². The van der Waals surface area contributed by atoms with Crippen molar-refractivity contribution in [3.05, 3.63) is 40.1 Å². The van der Waals surface area contributed by atoms with Crippen molar-refractivity contribution in [3.63, 3.8) is 0 Å². The van der Waals surface area contributed by atoms with Crippen molar-refractivity contribution in [1.29, 1.82) is 0 Å². The monoisotopic (exact) mass is 306 g/mol. The molecular weight excluding hydrogens is 292 g/mol. The van der Waals surface area contributed by atoms with E-state index in [0.717, 1.165) is 0 Å². The maximum Gasteiger partial charge on any atom is 0.326 e. The van der Waals surface area contributed by atoms with E-state index in [-0.39, 0.29) is 17.4 Å². The zero-order chi connectivity index (χ0) is 16.4. The normalized spacial score (nSPS) is 12.3. The van der Waals surface area contributed by atoms with Crippen LogP contribution in [0.5, 0.6) is 0 Å². The van der Waals surface area contributed by atoms with Crippen molar-refractivity contribution in [3.8, 4) is 0 Å². The van der Waals surface area contributed by atoms with Gasteiger partial charge in [-0.1, -0.05) is 13.8 Å². The van der Waals surface area contributed by atoms with E-state index < -0.39 is 22.8 Å². The van der Waals surface area contributed by atoms with Crippen LogP contribution in [0, 0.1) is 16.0 Å². The van der Waals surface area contributed by atoms with Crippen LogP contribution in [0.3, 0.4) is 0 Å². The number of nitrogens with zero attached hydrogens (tertiary/aromatic N) is 1. The van der Waals surface area contributed by atoms with Gasteiger partial charge in [-0.2, -0.15) is 0 Å². The van der Waals surface area contributed by atoms with Gasteiger partial charge in [0.2, 0.25) is 0 Å². The predicted molar refractivity (Wildman–Crippen MR) is 76.6 cm³/mol. The minimum Gasteiger partial charge on any atom is -0.480 e. The van der Waals surface area contributed by atoms with Gasteiger partial charge in [0.25, 0.3) is 11.6 Å². The number of carbonyl (C=O) groups excluding carboxylic acids is 1. The molecule has 0 aliphatic rings. The molecule has 116 valence electrons. The van der Waals surface area contributed by atoms with Crippen LogP contribution >= 0.6 is 0 Å². The number of carbonyl (C=O) groups is 2. The van der Waals surface area contributed by atoms with Gasteiger partial charge >= 0.3 is 5.97 Å². The number of carboxylic acid groups (broad SMARTS) is 1. The summed E-state index contributed by atoms with van der Waals surface area (Å²) < 4.78 is 5.30. The first-order valence-corrected chi connectivity index (χ1v) is 6.51. The highest BCUT2D eigenvalue weighted by atomic mass is 16.6. The van der Waals surface area contributed by atoms with E-state index in [1.54, 1.807) is 13.8 Å². The number of hydrogen-bond acceptors (Lipinski definition) is 5. The Bertz CT molecular complexity index is 749. The van der Waals surface area contributed by atoms with Crippen LogP contribution < -0.4 is 5.32 Å². The topological polar surface area (TPSA) is 123 Å². The minimum atomic E-state index is -1.14. The minimum absolute atomic E-state index is 0.0950. The number of hydrogen-bond donors (Lipinski definition) is 2. The first-order valence-electron chi connectivity index (χ1n) is 6.51. The van der Waals surface area contributed by atoms with Crippen LogP contribution in [0.25, 0.3) is 11.0 Å². The molecule has 1 aromatic carbocycles. The lowest BCUT2D eigenvalue weighted by Crippen LogP contribution is -2.44. The Morgan fingerprint density at radius 1 is 1.32 bits per heavy atom. The summed E-state index contributed by atoms with van der Waals surface area (Å²) in [4.78, 5) is 33.3. The molecule has 22 heavy (non-hydrogen) atoms. The second-order valence-electron chi connectivity index (χ2n) is 5.12. The number of fused-ring (bicyclic) bond motifs is 1. The fourth-order valence-electron chi connectivity index (χ4n) is 1.98. The summed E-state index contributed by atoms with van der Waals surface area (Å²) in [7, 11) is 0. The molecule has 0 saturated heterocycles. The molecule has 0 aliphatic heterocycles. The average Bonchev–Trinajstić information content (AvgIpc) is 2.86. The molecule has 8 heteroatoms. The Morgan fingerprint density at radius 2 is 2.00 bits per heavy atom. The number of rotatable bonds is 5. The maximum atomic E-state index is 12.1. The first-order chi connectivity index (χ1) is 10.3. The lowest BCUT2D eigenvalue weighted by atomic mass is 10.0. The van der Waals surface area contributed by atoms with Crippen LogP contribution in [0.15, 0.2) is 28.7 Å². The lowest BCUT2D eigenvalue weighted by Gasteiger charge is -2.16. The van der Waals surface area contributed by atoms with Crippen LogP contribution in [-0.4, -0.2) is 27.9 Å². The standard InChI is InChI=1S/C14H14N2O6/c1-7(2)12(14(18)19)15-13(17)11-6-8-5-9(16(20)21)3-4-10(8)22-11/h3-7,12H,1-2H3,(H,15,17)(H,18,19)/t12-/m0/s1. The van der Waals surface area contributed by atoms with Crippen molar-refractivity contribution >= 4 is 28.5 Å². The zero-order valence-electron chi connectivity index (χ0n) is 11.9. The summed E-state index contributed by atoms with van der Waals surface area (Å²) in [5.41, 5.74) is 0.193. The molecule has 1 heterocycles. The van der Waals surface area contributed by atoms with E-state index in [1.165, 1.54) is 24.3 Å². The van der Waals surface area contributed by atoms with Gasteiger partial charge in [0.05, 0.1) is 4.92 Å². The Labute approximate surface area is 124 Å². The number of nitro benzene ring substituents is 1. The number of carboxylic acids is 1. The molecule has 2 N–H and O–H groups in total. The molecule has 2 rings (SSSR count). The molecule has 0 unspecified atom stereocenters. The summed E-state index contributed by atoms with van der Waals surface area (Å²) in [5, 5.41) is 22.5. The van der Waals surface area contributed by atoms with Crippen LogP contribution in [0.1, 0.15) is 24.4 Å². The quantitative estimate of drug-likeness (QED) is 0.644. The zero-order valence-corrected chi connectivity index (χ0v) is 11.9. The average molecular weight is 306 g/mol. The highest BCUT2D eigenvalue weighted by Crippen LogP contribution is 2.24. The lowest BCUT2D eigenvalue weighted by molar-refractivity contribution is -0.384. The van der Waals surface area contributed by atoms with Crippen molar-refractivity contribution < 1.29 is 24.0 Å². The fourth-order valence-corrected chi connectivity index (χ4v) is 1.98. The molecule has 0 aliphatic carbocycles. The number of non-ortho nitro benzene ring substituents is 1. The molecule has 0 fully saturated rings. The van der Waals surface area contributed by atoms with Crippen molar-refractivity contribution in [2.45, 2.75) is 19.9 Å². The van der Waals surface area contributed by atoms with E-state index in [0.29, 0.717) is 11.0 Å². The summed E-state index contributed by atoms with van der Waals surface area (Å²) in [5.74, 6) is -2.22. The van der Waals surface area contributed by atoms with Gasteiger partial charge in [-0.3, -0.25) is 14.9 Å². The van der Waals surface area contributed by atoms with Crippen molar-refractivity contribution in [2.24, 2.45) is 5.92 Å². The number of benzene rings is 1. The predicted octanol–water partition coefficient (Wildman–Crippen LogP) is 2.18. The van der Waals surface area contributed by atoms with E-state index in [9.17, 15) is 19.7 Å². The van der Waals surface area contributed by atoms with Gasteiger partial charge < -0.3 is 14.8 Å². The van der Waals surface area contributed by atoms with Crippen LogP contribution in [0.4, 0.5) is 5.69 Å². The summed E-state index contributed by atoms with van der Waals surface area (Å²) >= 11 is 0. The van der Waals surface area contributed by atoms with Crippen molar-refractivity contribution in [1.82, 2.24) is 5.32 Å². The number of furan rings is 1. The molecule has 1 aromatic heterocycles. The Balaban J connectivity index is 2.28. The summed E-state index contributed by atoms with van der Waals surface area (Å²) in [6.45, 7) is 3.34. The molecular formula is C14H14N2O6. The number of aliphatic carboxylic acids is 1. The molecule has 8 nitrogen and oxygen atoms in total. The number of nitro groups is 1. The van der Waals surface area contributed by atoms with E-state index in [4.69, 9.17) is 9.52 Å². The van der Waals surface area contributed by atoms with Gasteiger partial charge in [0, 0.05) is 17.5 Å². The third kappa shape index (κ3) is 3.05. The van der Waals surface area contributed by atoms with Crippen LogP contribution in [0.2, 0.25) is 0 Å². The third-order valence-corrected chi connectivity index (χ3v) is 3.15. The molecule has 0 saturated carbocycles. The molecule has 0 radical (unpaired) electrons. The third-order valence-electron chi connectivity index (χ3n) is 3.15.